The maximum absolute atomic E-state index is 13.4. The number of anilines is 1. The van der Waals surface area contributed by atoms with Crippen molar-refractivity contribution in [2.24, 2.45) is 5.41 Å². The molecule has 0 bridgehead atoms. The van der Waals surface area contributed by atoms with Crippen molar-refractivity contribution < 1.29 is 34.1 Å². The third kappa shape index (κ3) is 11.2. The average Bonchev–Trinajstić information content (AvgIpc) is 3.13. The molecule has 2 aromatic carbocycles. The maximum atomic E-state index is 13.4. The quantitative estimate of drug-likeness (QED) is 0.0529. The molecule has 1 aromatic heterocycles. The first-order chi connectivity index (χ1) is 24.0. The number of aromatic nitrogens is 1. The van der Waals surface area contributed by atoms with Crippen molar-refractivity contribution in [2.75, 3.05) is 24.7 Å². The van der Waals surface area contributed by atoms with Crippen LogP contribution in [0.25, 0.3) is 0 Å². The van der Waals surface area contributed by atoms with E-state index in [4.69, 9.17) is 9.47 Å². The zero-order valence-corrected chi connectivity index (χ0v) is 30.9. The fourth-order valence-corrected chi connectivity index (χ4v) is 7.64. The van der Waals surface area contributed by atoms with Crippen LogP contribution in [0.3, 0.4) is 0 Å². The van der Waals surface area contributed by atoms with Crippen molar-refractivity contribution >= 4 is 44.9 Å². The number of rotatable bonds is 18. The number of methoxy groups -OCH3 is 1. The van der Waals surface area contributed by atoms with Gasteiger partial charge < -0.3 is 29.9 Å². The molecule has 3 aromatic rings. The topological polar surface area (TPSA) is 138 Å². The van der Waals surface area contributed by atoms with Gasteiger partial charge in [-0.15, -0.1) is 0 Å². The molecule has 1 aliphatic rings. The van der Waals surface area contributed by atoms with Gasteiger partial charge in [0.1, 0.15) is 5.03 Å². The molecular weight excluding hydrogens is 675 g/mol. The van der Waals surface area contributed by atoms with Crippen LogP contribution in [0.4, 0.5) is 5.69 Å². The van der Waals surface area contributed by atoms with Gasteiger partial charge in [-0.1, -0.05) is 55.8 Å². The van der Waals surface area contributed by atoms with Crippen LogP contribution in [0.5, 0.6) is 11.5 Å². The summed E-state index contributed by atoms with van der Waals surface area (Å²) in [6.07, 6.45) is 4.31. The van der Waals surface area contributed by atoms with Crippen LogP contribution in [-0.4, -0.2) is 69.4 Å². The summed E-state index contributed by atoms with van der Waals surface area (Å²) in [5, 5.41) is 25.8. The number of hydrogen-bond donors (Lipinski definition) is 3. The Morgan fingerprint density at radius 3 is 2.64 bits per heavy atom. The van der Waals surface area contributed by atoms with Crippen LogP contribution >= 0.6 is 21.6 Å². The van der Waals surface area contributed by atoms with Crippen LogP contribution in [0, 0.1) is 5.41 Å². The highest BCUT2D eigenvalue weighted by molar-refractivity contribution is 8.76. The van der Waals surface area contributed by atoms with Crippen molar-refractivity contribution in [1.29, 1.82) is 0 Å². The molecule has 10 nitrogen and oxygen atoms in total. The van der Waals surface area contributed by atoms with Gasteiger partial charge in [-0.25, -0.2) is 4.98 Å². The zero-order chi connectivity index (χ0) is 36.1. The summed E-state index contributed by atoms with van der Waals surface area (Å²) in [4.78, 5) is 45.2. The Bertz CT molecular complexity index is 1570. The number of carbonyl (C=O) groups excluding carboxylic acids is 3. The van der Waals surface area contributed by atoms with E-state index < -0.39 is 35.5 Å². The predicted octanol–water partition coefficient (Wildman–Crippen LogP) is 7.35. The normalized spacial score (nSPS) is 16.0. The molecule has 12 heteroatoms. The van der Waals surface area contributed by atoms with Crippen LogP contribution in [-0.2, 0) is 25.5 Å². The number of likely N-dealkylation sites (tertiary alicyclic amines) is 1. The summed E-state index contributed by atoms with van der Waals surface area (Å²) in [5.41, 5.74) is 1.38. The second kappa shape index (κ2) is 19.1. The molecule has 0 saturated carbocycles. The lowest BCUT2D eigenvalue weighted by Gasteiger charge is -2.40. The van der Waals surface area contributed by atoms with E-state index in [-0.39, 0.29) is 11.7 Å². The first-order valence-electron chi connectivity index (χ1n) is 17.2. The van der Waals surface area contributed by atoms with E-state index in [2.05, 4.69) is 10.3 Å². The molecular formula is C38H49N3O7S2. The number of piperidine rings is 1. The molecule has 1 aliphatic heterocycles. The minimum atomic E-state index is -1.36. The van der Waals surface area contributed by atoms with Gasteiger partial charge >= 0.3 is 0 Å². The van der Waals surface area contributed by atoms with Gasteiger partial charge in [0.15, 0.2) is 17.8 Å². The molecule has 1 fully saturated rings. The van der Waals surface area contributed by atoms with Crippen LogP contribution in [0.15, 0.2) is 71.9 Å². The molecule has 0 aliphatic carbocycles. The summed E-state index contributed by atoms with van der Waals surface area (Å²) in [5.74, 6) is 0.0292. The monoisotopic (exact) mass is 723 g/mol. The molecule has 0 radical (unpaired) electrons. The number of amides is 2. The molecule has 2 heterocycles. The second-order valence-electron chi connectivity index (χ2n) is 13.0. The molecule has 2 unspecified atom stereocenters. The first kappa shape index (κ1) is 39.2. The van der Waals surface area contributed by atoms with Gasteiger partial charge in [-0.2, -0.15) is 0 Å². The Balaban J connectivity index is 1.46. The van der Waals surface area contributed by atoms with Crippen molar-refractivity contribution in [3.63, 3.8) is 0 Å². The number of pyridine rings is 1. The van der Waals surface area contributed by atoms with E-state index in [1.165, 1.54) is 12.0 Å². The molecule has 1 saturated heterocycles. The Labute approximate surface area is 303 Å². The Hall–Kier alpha value is -3.58. The van der Waals surface area contributed by atoms with Crippen molar-refractivity contribution in [1.82, 2.24) is 9.88 Å². The zero-order valence-electron chi connectivity index (χ0n) is 29.3. The van der Waals surface area contributed by atoms with Crippen molar-refractivity contribution in [2.45, 2.75) is 95.6 Å². The minimum Gasteiger partial charge on any atom is -0.504 e. The standard InChI is InChI=1S/C38H49N3O7S2/c1-5-38(2,3)35(44)36(45)41-22-9-7-14-29(41)37(46)48-31(19-17-26-18-20-32(47-4)30(42)24-26)27-12-10-13-28(25-27)40-33(43)15-11-23-49-50-34-16-6-8-21-39-34/h6,8,10,12-13,16,18,20-21,24-25,29,31,37,42,46H,5,7,9,11,14-15,17,19,22-23H2,1-4H3,(H,40,43)/t29-,31?,37?/m0/s1. The maximum Gasteiger partial charge on any atom is 0.290 e. The lowest BCUT2D eigenvalue weighted by molar-refractivity contribution is -0.188. The number of benzene rings is 2. The number of ether oxygens (including phenoxy) is 2. The number of aliphatic hydroxyl groups excluding tert-OH is 1. The summed E-state index contributed by atoms with van der Waals surface area (Å²) < 4.78 is 11.6. The lowest BCUT2D eigenvalue weighted by Crippen LogP contribution is -2.54. The Morgan fingerprint density at radius 2 is 1.92 bits per heavy atom. The SMILES string of the molecule is CCC(C)(C)C(=O)C(=O)N1CCCC[C@H]1C(O)OC(CCc1ccc(OC)c(O)c1)c1cccc(NC(=O)CCCSSc2ccccn2)c1. The molecule has 4 rings (SSSR count). The lowest BCUT2D eigenvalue weighted by atomic mass is 9.84. The number of ketones is 1. The highest BCUT2D eigenvalue weighted by Crippen LogP contribution is 2.33. The first-order valence-corrected chi connectivity index (χ1v) is 19.5. The van der Waals surface area contributed by atoms with Gasteiger partial charge in [0.2, 0.25) is 11.7 Å². The third-order valence-electron chi connectivity index (χ3n) is 9.03. The molecule has 2 amide bonds. The smallest absolute Gasteiger partial charge is 0.290 e. The average molecular weight is 724 g/mol. The number of Topliss-reactive ketones (excluding diaryl/α,β-unsaturated/α-hetero) is 1. The van der Waals surface area contributed by atoms with Gasteiger partial charge in [-0.3, -0.25) is 14.4 Å². The number of aryl methyl sites for hydroxylation is 1. The predicted molar refractivity (Wildman–Crippen MR) is 198 cm³/mol. The van der Waals surface area contributed by atoms with Gasteiger partial charge in [0, 0.05) is 36.0 Å². The minimum absolute atomic E-state index is 0.0250. The fraction of sp³-hybridized carbons (Fsp3) is 0.474. The van der Waals surface area contributed by atoms with Gasteiger partial charge in [-0.05, 0) is 103 Å². The van der Waals surface area contributed by atoms with Gasteiger partial charge in [0.25, 0.3) is 5.91 Å². The summed E-state index contributed by atoms with van der Waals surface area (Å²) >= 11 is 0. The number of nitrogens with one attached hydrogen (secondary N) is 1. The summed E-state index contributed by atoms with van der Waals surface area (Å²) in [7, 11) is 4.74. The molecule has 270 valence electrons. The number of carbonyl (C=O) groups is 3. The highest BCUT2D eigenvalue weighted by atomic mass is 33.1. The van der Waals surface area contributed by atoms with Crippen LogP contribution in [0.2, 0.25) is 0 Å². The van der Waals surface area contributed by atoms with E-state index in [0.717, 1.165) is 34.7 Å². The fourth-order valence-electron chi connectivity index (χ4n) is 5.68. The van der Waals surface area contributed by atoms with E-state index in [0.29, 0.717) is 56.5 Å². The van der Waals surface area contributed by atoms with Crippen LogP contribution in [0.1, 0.15) is 82.9 Å². The number of hydrogen-bond acceptors (Lipinski definition) is 10. The van der Waals surface area contributed by atoms with Gasteiger partial charge in [0.05, 0.1) is 19.3 Å². The molecule has 3 N–H and O–H groups in total. The number of phenols is 1. The second-order valence-corrected chi connectivity index (χ2v) is 15.5. The number of phenolic OH excluding ortho intramolecular Hbond substituents is 1. The Morgan fingerprint density at radius 1 is 1.10 bits per heavy atom. The van der Waals surface area contributed by atoms with E-state index in [1.54, 1.807) is 53.8 Å². The van der Waals surface area contributed by atoms with Crippen molar-refractivity contribution in [3.05, 3.63) is 78.0 Å². The van der Waals surface area contributed by atoms with E-state index >= 15 is 0 Å². The van der Waals surface area contributed by atoms with E-state index in [9.17, 15) is 24.6 Å². The largest absolute Gasteiger partial charge is 0.504 e. The van der Waals surface area contributed by atoms with E-state index in [1.807, 2.05) is 55.5 Å². The molecule has 0 spiro atoms. The highest BCUT2D eigenvalue weighted by Gasteiger charge is 2.40. The summed E-state index contributed by atoms with van der Waals surface area (Å²) in [6, 6.07) is 17.6. The van der Waals surface area contributed by atoms with Crippen molar-refractivity contribution in [3.8, 4) is 11.5 Å². The molecule has 50 heavy (non-hydrogen) atoms. The number of aromatic hydroxyl groups is 1. The Kier molecular flexibility index (Phi) is 15.0. The summed E-state index contributed by atoms with van der Waals surface area (Å²) in [6.45, 7) is 5.77. The molecule has 3 atom stereocenters. The number of nitrogens with zero attached hydrogens (tertiary/aromatic N) is 2. The third-order valence-corrected chi connectivity index (χ3v) is 11.4. The number of aliphatic hydroxyl groups is 1. The van der Waals surface area contributed by atoms with Crippen LogP contribution < -0.4 is 10.1 Å².